The number of carbonyl (C=O) groups excluding carboxylic acids is 1. The molecule has 4 nitrogen and oxygen atoms in total. The van der Waals surface area contributed by atoms with E-state index in [0.717, 1.165) is 0 Å². The van der Waals surface area contributed by atoms with Gasteiger partial charge in [-0.15, -0.1) is 0 Å². The van der Waals surface area contributed by atoms with Crippen molar-refractivity contribution in [3.63, 3.8) is 0 Å². The van der Waals surface area contributed by atoms with E-state index in [1.54, 1.807) is 24.3 Å². The van der Waals surface area contributed by atoms with Gasteiger partial charge in [0.05, 0.1) is 15.4 Å². The van der Waals surface area contributed by atoms with E-state index in [-0.39, 0.29) is 15.4 Å². The first-order valence-corrected chi connectivity index (χ1v) is 9.69. The van der Waals surface area contributed by atoms with Gasteiger partial charge < -0.3 is 4.74 Å². The fraction of sp³-hybridized carbons (Fsp3) is 0. The number of hydrogen-bond acceptors (Lipinski definition) is 4. The van der Waals surface area contributed by atoms with Gasteiger partial charge in [-0.2, -0.15) is 0 Å². The normalized spacial score (nSPS) is 11.2. The molecule has 0 aliphatic carbocycles. The summed E-state index contributed by atoms with van der Waals surface area (Å²) in [5, 5.41) is 0.978. The molecule has 3 aromatic carbocycles. The summed E-state index contributed by atoms with van der Waals surface area (Å²) in [4.78, 5) is 12.3. The van der Waals surface area contributed by atoms with Crippen molar-refractivity contribution < 1.29 is 17.9 Å². The Morgan fingerprint density at radius 1 is 0.692 bits per heavy atom. The van der Waals surface area contributed by atoms with E-state index in [1.807, 2.05) is 0 Å². The van der Waals surface area contributed by atoms with Crippen molar-refractivity contribution in [2.75, 3.05) is 0 Å². The van der Waals surface area contributed by atoms with E-state index in [1.165, 1.54) is 48.5 Å². The molecule has 0 aliphatic rings. The van der Waals surface area contributed by atoms with Crippen LogP contribution in [0, 0.1) is 0 Å². The van der Waals surface area contributed by atoms with Crippen molar-refractivity contribution in [2.24, 2.45) is 0 Å². The highest BCUT2D eigenvalue weighted by Crippen LogP contribution is 2.23. The van der Waals surface area contributed by atoms with Crippen molar-refractivity contribution in [1.29, 1.82) is 0 Å². The van der Waals surface area contributed by atoms with Gasteiger partial charge in [-0.25, -0.2) is 13.2 Å². The van der Waals surface area contributed by atoms with E-state index < -0.39 is 15.8 Å². The molecule has 0 fully saturated rings. The fourth-order valence-electron chi connectivity index (χ4n) is 2.19. The Kier molecular flexibility index (Phi) is 5.32. The summed E-state index contributed by atoms with van der Waals surface area (Å²) in [5.74, 6) is -0.250. The van der Waals surface area contributed by atoms with Crippen LogP contribution in [0.3, 0.4) is 0 Å². The first-order valence-electron chi connectivity index (χ1n) is 7.45. The van der Waals surface area contributed by atoms with Gasteiger partial charge in [0, 0.05) is 10.0 Å². The SMILES string of the molecule is O=C(Oc1ccc(Cl)cc1)c1ccc(S(=O)(=O)c2ccc(Cl)cc2)cc1. The van der Waals surface area contributed by atoms with E-state index in [0.29, 0.717) is 15.8 Å². The lowest BCUT2D eigenvalue weighted by atomic mass is 10.2. The van der Waals surface area contributed by atoms with Crippen molar-refractivity contribution in [3.05, 3.63) is 88.4 Å². The van der Waals surface area contributed by atoms with Crippen LogP contribution < -0.4 is 4.74 Å². The molecule has 0 spiro atoms. The minimum atomic E-state index is -3.69. The molecule has 26 heavy (non-hydrogen) atoms. The van der Waals surface area contributed by atoms with Gasteiger partial charge in [0.1, 0.15) is 5.75 Å². The smallest absolute Gasteiger partial charge is 0.343 e. The van der Waals surface area contributed by atoms with Crippen LogP contribution in [-0.2, 0) is 9.84 Å². The zero-order valence-electron chi connectivity index (χ0n) is 13.2. The zero-order valence-corrected chi connectivity index (χ0v) is 15.6. The lowest BCUT2D eigenvalue weighted by molar-refractivity contribution is 0.0734. The zero-order chi connectivity index (χ0) is 18.7. The molecule has 0 bridgehead atoms. The minimum absolute atomic E-state index is 0.0721. The second-order valence-electron chi connectivity index (χ2n) is 5.33. The largest absolute Gasteiger partial charge is 0.423 e. The van der Waals surface area contributed by atoms with Gasteiger partial charge in [-0.1, -0.05) is 23.2 Å². The molecule has 0 radical (unpaired) electrons. The van der Waals surface area contributed by atoms with Gasteiger partial charge in [0.15, 0.2) is 0 Å². The Bertz CT molecular complexity index is 1030. The first kappa shape index (κ1) is 18.5. The quantitative estimate of drug-likeness (QED) is 0.449. The molecule has 3 aromatic rings. The number of sulfone groups is 1. The average molecular weight is 407 g/mol. The third kappa shape index (κ3) is 4.07. The third-order valence-electron chi connectivity index (χ3n) is 3.55. The summed E-state index contributed by atoms with van der Waals surface area (Å²) in [7, 11) is -3.69. The Hall–Kier alpha value is -2.34. The summed E-state index contributed by atoms with van der Waals surface area (Å²) in [6, 6.07) is 17.8. The van der Waals surface area contributed by atoms with Crippen molar-refractivity contribution in [3.8, 4) is 5.75 Å². The predicted molar refractivity (Wildman–Crippen MR) is 99.8 cm³/mol. The molecule has 132 valence electrons. The monoisotopic (exact) mass is 406 g/mol. The summed E-state index contributed by atoms with van der Waals surface area (Å²) in [6.45, 7) is 0. The van der Waals surface area contributed by atoms with Crippen molar-refractivity contribution in [1.82, 2.24) is 0 Å². The van der Waals surface area contributed by atoms with E-state index >= 15 is 0 Å². The molecule has 0 saturated heterocycles. The molecule has 0 unspecified atom stereocenters. The first-order chi connectivity index (χ1) is 12.4. The van der Waals surface area contributed by atoms with E-state index in [2.05, 4.69) is 0 Å². The highest BCUT2D eigenvalue weighted by Gasteiger charge is 2.18. The van der Waals surface area contributed by atoms with Gasteiger partial charge in [-0.05, 0) is 72.8 Å². The van der Waals surface area contributed by atoms with E-state index in [4.69, 9.17) is 27.9 Å². The summed E-state index contributed by atoms with van der Waals surface area (Å²) >= 11 is 11.6. The Balaban J connectivity index is 1.80. The molecule has 0 aromatic heterocycles. The summed E-state index contributed by atoms with van der Waals surface area (Å²) in [6.07, 6.45) is 0. The molecule has 0 heterocycles. The summed E-state index contributed by atoms with van der Waals surface area (Å²) < 4.78 is 30.4. The van der Waals surface area contributed by atoms with Crippen LogP contribution in [0.15, 0.2) is 82.6 Å². The number of benzene rings is 3. The minimum Gasteiger partial charge on any atom is -0.423 e. The number of hydrogen-bond donors (Lipinski definition) is 0. The van der Waals surface area contributed by atoms with Gasteiger partial charge >= 0.3 is 5.97 Å². The van der Waals surface area contributed by atoms with Crippen LogP contribution in [0.2, 0.25) is 10.0 Å². The molecular formula is C19H12Cl2O4S. The highest BCUT2D eigenvalue weighted by atomic mass is 35.5. The number of carbonyl (C=O) groups is 1. The number of halogens is 2. The maximum atomic E-state index is 12.6. The maximum Gasteiger partial charge on any atom is 0.343 e. The average Bonchev–Trinajstić information content (AvgIpc) is 2.64. The molecular weight excluding hydrogens is 395 g/mol. The summed E-state index contributed by atoms with van der Waals surface area (Å²) in [5.41, 5.74) is 0.231. The Labute approximate surface area is 160 Å². The number of rotatable bonds is 4. The Morgan fingerprint density at radius 3 is 1.62 bits per heavy atom. The number of esters is 1. The highest BCUT2D eigenvalue weighted by molar-refractivity contribution is 7.91. The van der Waals surface area contributed by atoms with Crippen LogP contribution in [0.1, 0.15) is 10.4 Å². The van der Waals surface area contributed by atoms with Crippen LogP contribution in [0.5, 0.6) is 5.75 Å². The molecule has 0 amide bonds. The van der Waals surface area contributed by atoms with Gasteiger partial charge in [-0.3, -0.25) is 0 Å². The lowest BCUT2D eigenvalue weighted by Crippen LogP contribution is -2.09. The van der Waals surface area contributed by atoms with Gasteiger partial charge in [0.2, 0.25) is 9.84 Å². The fourth-order valence-corrected chi connectivity index (χ4v) is 3.70. The molecule has 0 atom stereocenters. The van der Waals surface area contributed by atoms with Crippen molar-refractivity contribution in [2.45, 2.75) is 9.79 Å². The second-order valence-corrected chi connectivity index (χ2v) is 8.15. The van der Waals surface area contributed by atoms with Gasteiger partial charge in [0.25, 0.3) is 0 Å². The molecule has 0 N–H and O–H groups in total. The molecule has 7 heteroatoms. The molecule has 0 saturated carbocycles. The lowest BCUT2D eigenvalue weighted by Gasteiger charge is -2.07. The van der Waals surface area contributed by atoms with Crippen LogP contribution >= 0.6 is 23.2 Å². The van der Waals surface area contributed by atoms with Crippen LogP contribution in [0.4, 0.5) is 0 Å². The third-order valence-corrected chi connectivity index (χ3v) is 5.84. The second kappa shape index (κ2) is 7.50. The Morgan fingerprint density at radius 2 is 1.12 bits per heavy atom. The topological polar surface area (TPSA) is 60.4 Å². The predicted octanol–water partition coefficient (Wildman–Crippen LogP) is 5.05. The van der Waals surface area contributed by atoms with Crippen molar-refractivity contribution >= 4 is 39.0 Å². The molecule has 0 aliphatic heterocycles. The number of ether oxygens (including phenoxy) is 1. The van der Waals surface area contributed by atoms with E-state index in [9.17, 15) is 13.2 Å². The standard InChI is InChI=1S/C19H12Cl2O4S/c20-14-3-7-16(8-4-14)25-19(22)13-1-9-17(10-2-13)26(23,24)18-11-5-15(21)6-12-18/h1-12H. The van der Waals surface area contributed by atoms with Crippen LogP contribution in [0.25, 0.3) is 0 Å². The maximum absolute atomic E-state index is 12.6. The molecule has 3 rings (SSSR count). The van der Waals surface area contributed by atoms with Crippen LogP contribution in [-0.4, -0.2) is 14.4 Å².